The molecule has 0 bridgehead atoms. The van der Waals surface area contributed by atoms with Crippen LogP contribution in [-0.4, -0.2) is 11.7 Å². The Bertz CT molecular complexity index is 488. The molecule has 18 heavy (non-hydrogen) atoms. The van der Waals surface area contributed by atoms with Crippen molar-refractivity contribution in [3.8, 4) is 0 Å². The lowest BCUT2D eigenvalue weighted by Crippen LogP contribution is -1.89. The van der Waals surface area contributed by atoms with E-state index in [1.807, 2.05) is 54.6 Å². The van der Waals surface area contributed by atoms with Gasteiger partial charge in [-0.15, -0.1) is 0 Å². The van der Waals surface area contributed by atoms with Crippen LogP contribution < -0.4 is 5.32 Å². The van der Waals surface area contributed by atoms with Gasteiger partial charge in [0.25, 0.3) is 0 Å². The van der Waals surface area contributed by atoms with Gasteiger partial charge in [0.15, 0.2) is 0 Å². The zero-order valence-corrected chi connectivity index (χ0v) is 10.2. The van der Waals surface area contributed by atoms with Crippen LogP contribution in [0.15, 0.2) is 60.7 Å². The maximum atomic E-state index is 8.69. The molecule has 0 aliphatic carbocycles. The molecular formula is C16H17NO. The van der Waals surface area contributed by atoms with Crippen LogP contribution in [0.4, 0.5) is 11.4 Å². The number of benzene rings is 2. The van der Waals surface area contributed by atoms with Gasteiger partial charge in [0.05, 0.1) is 0 Å². The summed E-state index contributed by atoms with van der Waals surface area (Å²) in [5, 5.41) is 12.0. The summed E-state index contributed by atoms with van der Waals surface area (Å²) in [6.45, 7) is 0.199. The van der Waals surface area contributed by atoms with Gasteiger partial charge in [0, 0.05) is 18.0 Å². The average Bonchev–Trinajstić information content (AvgIpc) is 2.42. The quantitative estimate of drug-likeness (QED) is 0.831. The second kappa shape index (κ2) is 6.62. The molecule has 0 fully saturated rings. The molecule has 0 amide bonds. The van der Waals surface area contributed by atoms with Crippen molar-refractivity contribution < 1.29 is 5.11 Å². The van der Waals surface area contributed by atoms with Gasteiger partial charge in [-0.05, 0) is 36.2 Å². The van der Waals surface area contributed by atoms with E-state index in [1.165, 1.54) is 0 Å². The minimum Gasteiger partial charge on any atom is -0.396 e. The Morgan fingerprint density at radius 3 is 2.22 bits per heavy atom. The standard InChI is InChI=1S/C16H17NO/c18-13-5-4-6-14-9-11-16(12-10-14)17-15-7-2-1-3-8-15/h1-4,6-12,17-18H,5,13H2. The third kappa shape index (κ3) is 3.75. The number of para-hydroxylation sites is 1. The number of rotatable bonds is 5. The van der Waals surface area contributed by atoms with E-state index in [9.17, 15) is 0 Å². The smallest absolute Gasteiger partial charge is 0.0465 e. The van der Waals surface area contributed by atoms with Crippen LogP contribution in [0, 0.1) is 0 Å². The Labute approximate surface area is 108 Å². The van der Waals surface area contributed by atoms with Gasteiger partial charge < -0.3 is 10.4 Å². The highest BCUT2D eigenvalue weighted by Crippen LogP contribution is 2.17. The molecule has 2 aromatic carbocycles. The van der Waals surface area contributed by atoms with Crippen LogP contribution in [0.3, 0.4) is 0 Å². The molecule has 2 heteroatoms. The molecule has 2 nitrogen and oxygen atoms in total. The molecule has 2 aromatic rings. The van der Waals surface area contributed by atoms with Crippen molar-refractivity contribution in [1.29, 1.82) is 0 Å². The third-order valence-corrected chi connectivity index (χ3v) is 2.58. The molecule has 0 radical (unpaired) electrons. The molecule has 0 saturated heterocycles. The summed E-state index contributed by atoms with van der Waals surface area (Å²) >= 11 is 0. The van der Waals surface area contributed by atoms with Crippen LogP contribution in [0.5, 0.6) is 0 Å². The van der Waals surface area contributed by atoms with Crippen molar-refractivity contribution in [2.45, 2.75) is 6.42 Å². The van der Waals surface area contributed by atoms with E-state index in [4.69, 9.17) is 5.11 Å². The van der Waals surface area contributed by atoms with E-state index >= 15 is 0 Å². The van der Waals surface area contributed by atoms with Crippen molar-refractivity contribution in [2.24, 2.45) is 0 Å². The molecule has 0 saturated carbocycles. The molecule has 0 spiro atoms. The predicted octanol–water partition coefficient (Wildman–Crippen LogP) is 3.83. The molecule has 0 atom stereocenters. The van der Waals surface area contributed by atoms with Gasteiger partial charge in [-0.25, -0.2) is 0 Å². The Morgan fingerprint density at radius 1 is 0.889 bits per heavy atom. The van der Waals surface area contributed by atoms with E-state index < -0.39 is 0 Å². The normalized spacial score (nSPS) is 10.7. The van der Waals surface area contributed by atoms with Crippen molar-refractivity contribution in [1.82, 2.24) is 0 Å². The molecule has 0 aliphatic rings. The maximum Gasteiger partial charge on any atom is 0.0465 e. The van der Waals surface area contributed by atoms with Gasteiger partial charge in [0.2, 0.25) is 0 Å². The number of anilines is 2. The van der Waals surface area contributed by atoms with Crippen molar-refractivity contribution in [3.63, 3.8) is 0 Å². The number of hydrogen-bond donors (Lipinski definition) is 2. The van der Waals surface area contributed by atoms with E-state index in [2.05, 4.69) is 17.4 Å². The monoisotopic (exact) mass is 239 g/mol. The fraction of sp³-hybridized carbons (Fsp3) is 0.125. The highest BCUT2D eigenvalue weighted by molar-refractivity contribution is 5.62. The summed E-state index contributed by atoms with van der Waals surface area (Å²) in [6, 6.07) is 18.3. The first-order valence-corrected chi connectivity index (χ1v) is 6.08. The summed E-state index contributed by atoms with van der Waals surface area (Å²) in [5.74, 6) is 0. The number of aliphatic hydroxyl groups excluding tert-OH is 1. The summed E-state index contributed by atoms with van der Waals surface area (Å²) in [6.07, 6.45) is 4.69. The molecule has 92 valence electrons. The van der Waals surface area contributed by atoms with E-state index in [-0.39, 0.29) is 6.61 Å². The van der Waals surface area contributed by atoms with Crippen LogP contribution in [0.25, 0.3) is 6.08 Å². The summed E-state index contributed by atoms with van der Waals surface area (Å²) in [7, 11) is 0. The molecule has 2 N–H and O–H groups in total. The van der Waals surface area contributed by atoms with Crippen LogP contribution >= 0.6 is 0 Å². The van der Waals surface area contributed by atoms with Crippen molar-refractivity contribution in [3.05, 3.63) is 66.2 Å². The van der Waals surface area contributed by atoms with Gasteiger partial charge in [0.1, 0.15) is 0 Å². The molecule has 2 rings (SSSR count). The predicted molar refractivity (Wildman–Crippen MR) is 76.9 cm³/mol. The molecule has 0 aromatic heterocycles. The number of aliphatic hydroxyl groups is 1. The van der Waals surface area contributed by atoms with Gasteiger partial charge in [-0.3, -0.25) is 0 Å². The number of nitrogens with one attached hydrogen (secondary N) is 1. The summed E-state index contributed by atoms with van der Waals surface area (Å²) in [5.41, 5.74) is 3.30. The molecule has 0 aliphatic heterocycles. The topological polar surface area (TPSA) is 32.3 Å². The lowest BCUT2D eigenvalue weighted by Gasteiger charge is -2.06. The number of hydrogen-bond acceptors (Lipinski definition) is 2. The largest absolute Gasteiger partial charge is 0.396 e. The highest BCUT2D eigenvalue weighted by atomic mass is 16.2. The van der Waals surface area contributed by atoms with Gasteiger partial charge >= 0.3 is 0 Å². The fourth-order valence-electron chi connectivity index (χ4n) is 1.66. The average molecular weight is 239 g/mol. The van der Waals surface area contributed by atoms with Crippen LogP contribution in [0.1, 0.15) is 12.0 Å². The minimum absolute atomic E-state index is 0.199. The second-order valence-electron chi connectivity index (χ2n) is 4.03. The lowest BCUT2D eigenvalue weighted by molar-refractivity contribution is 0.303. The zero-order valence-electron chi connectivity index (χ0n) is 10.2. The molecule has 0 heterocycles. The maximum absolute atomic E-state index is 8.69. The van der Waals surface area contributed by atoms with E-state index in [0.717, 1.165) is 16.9 Å². The SMILES string of the molecule is OCCC=Cc1ccc(Nc2ccccc2)cc1. The summed E-state index contributed by atoms with van der Waals surface area (Å²) in [4.78, 5) is 0. The van der Waals surface area contributed by atoms with E-state index in [1.54, 1.807) is 0 Å². The van der Waals surface area contributed by atoms with E-state index in [0.29, 0.717) is 6.42 Å². The molecular weight excluding hydrogens is 222 g/mol. The Morgan fingerprint density at radius 2 is 1.56 bits per heavy atom. The first-order valence-electron chi connectivity index (χ1n) is 6.08. The molecule has 0 unspecified atom stereocenters. The van der Waals surface area contributed by atoms with Crippen molar-refractivity contribution >= 4 is 17.5 Å². The highest BCUT2D eigenvalue weighted by Gasteiger charge is 1.93. The third-order valence-electron chi connectivity index (χ3n) is 2.58. The zero-order chi connectivity index (χ0) is 12.6. The van der Waals surface area contributed by atoms with Crippen LogP contribution in [-0.2, 0) is 0 Å². The lowest BCUT2D eigenvalue weighted by atomic mass is 10.2. The van der Waals surface area contributed by atoms with Gasteiger partial charge in [-0.1, -0.05) is 42.5 Å². The Hall–Kier alpha value is -2.06. The first kappa shape index (κ1) is 12.4. The Balaban J connectivity index is 2.00. The fourth-order valence-corrected chi connectivity index (χ4v) is 1.66. The van der Waals surface area contributed by atoms with Crippen LogP contribution in [0.2, 0.25) is 0 Å². The second-order valence-corrected chi connectivity index (χ2v) is 4.03. The minimum atomic E-state index is 0.199. The van der Waals surface area contributed by atoms with Gasteiger partial charge in [-0.2, -0.15) is 0 Å². The Kier molecular flexibility index (Phi) is 4.56. The van der Waals surface area contributed by atoms with Crippen molar-refractivity contribution in [2.75, 3.05) is 11.9 Å². The first-order chi connectivity index (χ1) is 8.88. The summed E-state index contributed by atoms with van der Waals surface area (Å²) < 4.78 is 0.